The van der Waals surface area contributed by atoms with E-state index in [0.29, 0.717) is 0 Å². The molecule has 0 aliphatic heterocycles. The molecule has 1 heterocycles. The van der Waals surface area contributed by atoms with Crippen LogP contribution in [0.2, 0.25) is 5.02 Å². The van der Waals surface area contributed by atoms with Crippen molar-refractivity contribution in [2.75, 3.05) is 0 Å². The molecule has 0 atom stereocenters. The number of nitrogens with zero attached hydrogens (tertiary/aromatic N) is 1. The number of hydrogen-bond donors (Lipinski definition) is 0. The normalized spacial score (nSPS) is 10.4. The Labute approximate surface area is 94.4 Å². The molecule has 0 amide bonds. The number of furan rings is 1. The zero-order valence-electron chi connectivity index (χ0n) is 7.81. The lowest BCUT2D eigenvalue weighted by Gasteiger charge is -2.02. The number of halogens is 2. The fraction of sp³-hybridized carbons (Fsp3) is 0. The zero-order chi connectivity index (χ0) is 11.7. The maximum Gasteiger partial charge on any atom is 0.273 e. The summed E-state index contributed by atoms with van der Waals surface area (Å²) in [7, 11) is 0. The molecule has 2 aromatic rings. The second kappa shape index (κ2) is 3.94. The number of rotatable bonds is 2. The maximum absolute atomic E-state index is 13.6. The lowest BCUT2D eigenvalue weighted by atomic mass is 10.1. The molecule has 0 radical (unpaired) electrons. The van der Waals surface area contributed by atoms with Crippen LogP contribution in [0.15, 0.2) is 34.9 Å². The summed E-state index contributed by atoms with van der Waals surface area (Å²) in [6, 6.07) is 4.99. The fourth-order valence-electron chi connectivity index (χ4n) is 1.32. The Morgan fingerprint density at radius 1 is 1.44 bits per heavy atom. The van der Waals surface area contributed by atoms with Gasteiger partial charge in [0.1, 0.15) is 11.6 Å². The summed E-state index contributed by atoms with van der Waals surface area (Å²) in [4.78, 5) is 9.75. The topological polar surface area (TPSA) is 56.3 Å². The molecule has 0 aliphatic rings. The molecule has 0 spiro atoms. The first-order valence-corrected chi connectivity index (χ1v) is 4.64. The summed E-state index contributed by atoms with van der Waals surface area (Å²) in [6.07, 6.45) is 1.37. The van der Waals surface area contributed by atoms with E-state index in [1.54, 1.807) is 6.07 Å². The van der Waals surface area contributed by atoms with Gasteiger partial charge in [0.2, 0.25) is 0 Å². The Hall–Kier alpha value is -1.88. The van der Waals surface area contributed by atoms with Crippen molar-refractivity contribution >= 4 is 17.3 Å². The van der Waals surface area contributed by atoms with Crippen LogP contribution in [0.4, 0.5) is 10.1 Å². The van der Waals surface area contributed by atoms with E-state index in [0.717, 1.165) is 12.1 Å². The molecule has 0 saturated carbocycles. The van der Waals surface area contributed by atoms with Crippen LogP contribution < -0.4 is 0 Å². The summed E-state index contributed by atoms with van der Waals surface area (Å²) in [6.45, 7) is 0. The van der Waals surface area contributed by atoms with E-state index in [9.17, 15) is 14.5 Å². The lowest BCUT2D eigenvalue weighted by Crippen LogP contribution is -1.92. The molecule has 0 unspecified atom stereocenters. The van der Waals surface area contributed by atoms with Gasteiger partial charge in [-0.3, -0.25) is 10.1 Å². The number of nitro benzene ring substituents is 1. The van der Waals surface area contributed by atoms with E-state index in [1.165, 1.54) is 12.3 Å². The maximum atomic E-state index is 13.6. The highest BCUT2D eigenvalue weighted by Crippen LogP contribution is 2.34. The molecule has 6 heteroatoms. The Morgan fingerprint density at radius 3 is 2.69 bits per heavy atom. The van der Waals surface area contributed by atoms with Gasteiger partial charge in [-0.05, 0) is 12.1 Å². The molecule has 16 heavy (non-hydrogen) atoms. The Bertz CT molecular complexity index is 516. The molecule has 0 bridgehead atoms. The van der Waals surface area contributed by atoms with Gasteiger partial charge in [0.05, 0.1) is 27.8 Å². The minimum atomic E-state index is -0.783. The lowest BCUT2D eigenvalue weighted by molar-refractivity contribution is -0.385. The molecule has 1 aromatic carbocycles. The van der Waals surface area contributed by atoms with Gasteiger partial charge in [0.15, 0.2) is 0 Å². The van der Waals surface area contributed by atoms with E-state index in [-0.39, 0.29) is 16.3 Å². The summed E-state index contributed by atoms with van der Waals surface area (Å²) < 4.78 is 18.6. The van der Waals surface area contributed by atoms with Crippen molar-refractivity contribution in [3.63, 3.8) is 0 Å². The fourth-order valence-corrected chi connectivity index (χ4v) is 1.62. The smallest absolute Gasteiger partial charge is 0.273 e. The van der Waals surface area contributed by atoms with Crippen LogP contribution in [0.1, 0.15) is 0 Å². The van der Waals surface area contributed by atoms with Crippen LogP contribution in [0.5, 0.6) is 0 Å². The van der Waals surface area contributed by atoms with Crippen LogP contribution in [0, 0.1) is 15.9 Å². The third kappa shape index (κ3) is 1.77. The highest BCUT2D eigenvalue weighted by atomic mass is 35.5. The van der Waals surface area contributed by atoms with Crippen LogP contribution in [0.25, 0.3) is 11.3 Å². The van der Waals surface area contributed by atoms with Crippen molar-refractivity contribution in [3.8, 4) is 11.3 Å². The van der Waals surface area contributed by atoms with E-state index < -0.39 is 16.4 Å². The van der Waals surface area contributed by atoms with Crippen molar-refractivity contribution in [1.29, 1.82) is 0 Å². The minimum absolute atomic E-state index is 0.0252. The van der Waals surface area contributed by atoms with Crippen LogP contribution in [0.3, 0.4) is 0 Å². The molecule has 82 valence electrons. The highest BCUT2D eigenvalue weighted by Gasteiger charge is 2.18. The van der Waals surface area contributed by atoms with Gasteiger partial charge in [-0.15, -0.1) is 0 Å². The number of nitro groups is 1. The van der Waals surface area contributed by atoms with Gasteiger partial charge >= 0.3 is 0 Å². The van der Waals surface area contributed by atoms with Crippen molar-refractivity contribution in [1.82, 2.24) is 0 Å². The molecule has 2 rings (SSSR count). The molecule has 0 fully saturated rings. The quantitative estimate of drug-likeness (QED) is 0.596. The Kier molecular flexibility index (Phi) is 2.62. The molecule has 0 saturated heterocycles. The Balaban J connectivity index is 2.61. The molecular formula is C10H5ClFNO3. The van der Waals surface area contributed by atoms with E-state index in [2.05, 4.69) is 0 Å². The van der Waals surface area contributed by atoms with Gasteiger partial charge in [-0.2, -0.15) is 0 Å². The van der Waals surface area contributed by atoms with E-state index >= 15 is 0 Å². The molecule has 4 nitrogen and oxygen atoms in total. The van der Waals surface area contributed by atoms with Crippen molar-refractivity contribution in [2.45, 2.75) is 0 Å². The minimum Gasteiger partial charge on any atom is -0.464 e. The molecule has 0 N–H and O–H groups in total. The summed E-state index contributed by atoms with van der Waals surface area (Å²) in [5.41, 5.74) is -0.366. The average Bonchev–Trinajstić information content (AvgIpc) is 2.69. The van der Waals surface area contributed by atoms with Crippen LogP contribution in [-0.2, 0) is 0 Å². The highest BCUT2D eigenvalue weighted by molar-refractivity contribution is 6.33. The largest absolute Gasteiger partial charge is 0.464 e. The van der Waals surface area contributed by atoms with Gasteiger partial charge in [-0.1, -0.05) is 11.6 Å². The summed E-state index contributed by atoms with van der Waals surface area (Å²) in [5.74, 6) is -0.549. The number of non-ortho nitro benzene ring substituents is 1. The zero-order valence-corrected chi connectivity index (χ0v) is 8.57. The van der Waals surface area contributed by atoms with E-state index in [1.807, 2.05) is 0 Å². The SMILES string of the molecule is O=[N+]([O-])c1cc(F)c(-c2ccco2)c(Cl)c1. The number of hydrogen-bond acceptors (Lipinski definition) is 3. The molecular weight excluding hydrogens is 237 g/mol. The van der Waals surface area contributed by atoms with Crippen LogP contribution >= 0.6 is 11.6 Å². The number of benzene rings is 1. The van der Waals surface area contributed by atoms with Gasteiger partial charge in [-0.25, -0.2) is 4.39 Å². The molecule has 1 aromatic heterocycles. The van der Waals surface area contributed by atoms with Crippen molar-refractivity contribution in [2.24, 2.45) is 0 Å². The summed E-state index contributed by atoms with van der Waals surface area (Å²) in [5, 5.41) is 10.4. The molecule has 0 aliphatic carbocycles. The second-order valence-corrected chi connectivity index (χ2v) is 3.43. The monoisotopic (exact) mass is 241 g/mol. The third-order valence-corrected chi connectivity index (χ3v) is 2.30. The first-order valence-electron chi connectivity index (χ1n) is 4.27. The second-order valence-electron chi connectivity index (χ2n) is 3.02. The predicted molar refractivity (Wildman–Crippen MR) is 55.8 cm³/mol. The third-order valence-electron chi connectivity index (χ3n) is 2.01. The van der Waals surface area contributed by atoms with Crippen molar-refractivity contribution < 1.29 is 13.7 Å². The van der Waals surface area contributed by atoms with Crippen molar-refractivity contribution in [3.05, 3.63) is 51.5 Å². The predicted octanol–water partition coefficient (Wildman–Crippen LogP) is 3.65. The van der Waals surface area contributed by atoms with Gasteiger partial charge in [0, 0.05) is 6.07 Å². The first kappa shape index (κ1) is 10.6. The van der Waals surface area contributed by atoms with Crippen LogP contribution in [-0.4, -0.2) is 4.92 Å². The van der Waals surface area contributed by atoms with Gasteiger partial charge in [0.25, 0.3) is 5.69 Å². The Morgan fingerprint density at radius 2 is 2.19 bits per heavy atom. The average molecular weight is 242 g/mol. The first-order chi connectivity index (χ1) is 7.59. The van der Waals surface area contributed by atoms with Gasteiger partial charge < -0.3 is 4.42 Å². The standard InChI is InChI=1S/C10H5ClFNO3/c11-7-4-6(13(14)15)5-8(12)10(7)9-2-1-3-16-9/h1-5H. The summed E-state index contributed by atoms with van der Waals surface area (Å²) >= 11 is 5.77. The van der Waals surface area contributed by atoms with E-state index in [4.69, 9.17) is 16.0 Å².